The van der Waals surface area contributed by atoms with Gasteiger partial charge in [-0.1, -0.05) is 11.6 Å². The van der Waals surface area contributed by atoms with Crippen molar-refractivity contribution in [1.29, 1.82) is 0 Å². The van der Waals surface area contributed by atoms with Crippen molar-refractivity contribution in [2.24, 2.45) is 5.92 Å². The van der Waals surface area contributed by atoms with E-state index in [-0.39, 0.29) is 6.61 Å². The number of nitrogens with zero attached hydrogens (tertiary/aromatic N) is 2. The standard InChI is InChI=1S/C12H15ClN2O/c13-11-4-9(7-16)5-14-12(11)15-6-8-1-2-10(15)3-8/h4-5,8,10,16H,1-3,6-7H2. The van der Waals surface area contributed by atoms with E-state index in [4.69, 9.17) is 16.7 Å². The number of hydrogen-bond donors (Lipinski definition) is 1. The Morgan fingerprint density at radius 1 is 1.50 bits per heavy atom. The zero-order chi connectivity index (χ0) is 11.1. The first-order valence-electron chi connectivity index (χ1n) is 5.80. The van der Waals surface area contributed by atoms with Crippen molar-refractivity contribution in [3.8, 4) is 0 Å². The van der Waals surface area contributed by atoms with Gasteiger partial charge in [0.1, 0.15) is 5.82 Å². The lowest BCUT2D eigenvalue weighted by Gasteiger charge is -2.28. The van der Waals surface area contributed by atoms with Crippen LogP contribution in [0, 0.1) is 5.92 Å². The average Bonchev–Trinajstić information content (AvgIpc) is 2.90. The van der Waals surface area contributed by atoms with Crippen LogP contribution in [0.3, 0.4) is 0 Å². The zero-order valence-electron chi connectivity index (χ0n) is 9.06. The molecule has 86 valence electrons. The number of hydrogen-bond acceptors (Lipinski definition) is 3. The maximum Gasteiger partial charge on any atom is 0.147 e. The molecule has 2 heterocycles. The summed E-state index contributed by atoms with van der Waals surface area (Å²) >= 11 is 6.21. The van der Waals surface area contributed by atoms with Gasteiger partial charge in [-0.2, -0.15) is 0 Å². The highest BCUT2D eigenvalue weighted by Crippen LogP contribution is 2.41. The summed E-state index contributed by atoms with van der Waals surface area (Å²) in [4.78, 5) is 6.71. The third kappa shape index (κ3) is 1.59. The summed E-state index contributed by atoms with van der Waals surface area (Å²) in [5, 5.41) is 9.68. The van der Waals surface area contributed by atoms with Gasteiger partial charge in [0.15, 0.2) is 0 Å². The van der Waals surface area contributed by atoms with Gasteiger partial charge in [-0.25, -0.2) is 4.98 Å². The molecule has 0 radical (unpaired) electrons. The molecule has 16 heavy (non-hydrogen) atoms. The molecule has 0 spiro atoms. The van der Waals surface area contributed by atoms with Crippen LogP contribution in [0.5, 0.6) is 0 Å². The molecule has 4 heteroatoms. The van der Waals surface area contributed by atoms with E-state index in [0.29, 0.717) is 11.1 Å². The van der Waals surface area contributed by atoms with Gasteiger partial charge in [-0.3, -0.25) is 0 Å². The Balaban J connectivity index is 1.89. The van der Waals surface area contributed by atoms with Crippen molar-refractivity contribution in [3.63, 3.8) is 0 Å². The molecule has 1 aliphatic heterocycles. The summed E-state index contributed by atoms with van der Waals surface area (Å²) in [6.07, 6.45) is 5.63. The zero-order valence-corrected chi connectivity index (χ0v) is 9.82. The second kappa shape index (κ2) is 3.90. The van der Waals surface area contributed by atoms with Crippen LogP contribution in [0.25, 0.3) is 0 Å². The van der Waals surface area contributed by atoms with Crippen molar-refractivity contribution < 1.29 is 5.11 Å². The minimum absolute atomic E-state index is 0.000939. The van der Waals surface area contributed by atoms with Crippen molar-refractivity contribution in [1.82, 2.24) is 4.98 Å². The molecule has 0 amide bonds. The van der Waals surface area contributed by atoms with Crippen LogP contribution in [0.1, 0.15) is 24.8 Å². The highest BCUT2D eigenvalue weighted by Gasteiger charge is 2.38. The summed E-state index contributed by atoms with van der Waals surface area (Å²) in [6.45, 7) is 1.09. The van der Waals surface area contributed by atoms with Crippen molar-refractivity contribution in [3.05, 3.63) is 22.8 Å². The van der Waals surface area contributed by atoms with Crippen LogP contribution in [0.15, 0.2) is 12.3 Å². The fourth-order valence-corrected chi connectivity index (χ4v) is 3.25. The van der Waals surface area contributed by atoms with Gasteiger partial charge in [0.25, 0.3) is 0 Å². The van der Waals surface area contributed by atoms with Gasteiger partial charge < -0.3 is 10.0 Å². The van der Waals surface area contributed by atoms with Crippen molar-refractivity contribution in [2.75, 3.05) is 11.4 Å². The van der Waals surface area contributed by atoms with Crippen LogP contribution in [0.4, 0.5) is 5.82 Å². The Morgan fingerprint density at radius 3 is 2.94 bits per heavy atom. The quantitative estimate of drug-likeness (QED) is 0.858. The molecule has 1 aliphatic carbocycles. The third-order valence-corrected chi connectivity index (χ3v) is 4.02. The number of aromatic nitrogens is 1. The van der Waals surface area contributed by atoms with Gasteiger partial charge in [-0.15, -0.1) is 0 Å². The number of fused-ring (bicyclic) bond motifs is 2. The average molecular weight is 239 g/mol. The molecule has 1 aromatic rings. The highest BCUT2D eigenvalue weighted by atomic mass is 35.5. The summed E-state index contributed by atoms with van der Waals surface area (Å²) in [6, 6.07) is 2.45. The number of anilines is 1. The lowest BCUT2D eigenvalue weighted by Crippen LogP contribution is -2.32. The third-order valence-electron chi connectivity index (χ3n) is 3.74. The molecular weight excluding hydrogens is 224 g/mol. The number of halogens is 1. The van der Waals surface area contributed by atoms with E-state index in [9.17, 15) is 0 Å². The molecule has 3 rings (SSSR count). The summed E-state index contributed by atoms with van der Waals surface area (Å²) in [5.41, 5.74) is 0.776. The first-order chi connectivity index (χ1) is 7.78. The largest absolute Gasteiger partial charge is 0.392 e. The van der Waals surface area contributed by atoms with Crippen LogP contribution in [-0.2, 0) is 6.61 Å². The molecule has 1 saturated carbocycles. The molecular formula is C12H15ClN2O. The Kier molecular flexibility index (Phi) is 2.52. The lowest BCUT2D eigenvalue weighted by atomic mass is 10.1. The first-order valence-corrected chi connectivity index (χ1v) is 6.17. The van der Waals surface area contributed by atoms with Crippen molar-refractivity contribution in [2.45, 2.75) is 31.9 Å². The highest BCUT2D eigenvalue weighted by molar-refractivity contribution is 6.33. The first kappa shape index (κ1) is 10.4. The Labute approximate surface area is 100 Å². The number of rotatable bonds is 2. The van der Waals surface area contributed by atoms with Crippen LogP contribution >= 0.6 is 11.6 Å². The monoisotopic (exact) mass is 238 g/mol. The summed E-state index contributed by atoms with van der Waals surface area (Å²) in [5.74, 6) is 1.73. The SMILES string of the molecule is OCc1cnc(N2CC3CCC2C3)c(Cl)c1. The fourth-order valence-electron chi connectivity index (χ4n) is 2.95. The number of aliphatic hydroxyl groups is 1. The molecule has 1 N–H and O–H groups in total. The number of pyridine rings is 1. The van der Waals surface area contributed by atoms with E-state index >= 15 is 0 Å². The van der Waals surface area contributed by atoms with E-state index in [1.54, 1.807) is 6.20 Å². The normalized spacial score (nSPS) is 27.8. The summed E-state index contributed by atoms with van der Waals surface area (Å²) in [7, 11) is 0. The maximum atomic E-state index is 9.01. The van der Waals surface area contributed by atoms with E-state index in [1.807, 2.05) is 6.07 Å². The van der Waals surface area contributed by atoms with Crippen LogP contribution < -0.4 is 4.90 Å². The van der Waals surface area contributed by atoms with Crippen LogP contribution in [0.2, 0.25) is 5.02 Å². The Hall–Kier alpha value is -0.800. The smallest absolute Gasteiger partial charge is 0.147 e. The molecule has 0 aromatic carbocycles. The number of aliphatic hydroxyl groups excluding tert-OH is 1. The topological polar surface area (TPSA) is 36.4 Å². The van der Waals surface area contributed by atoms with Crippen molar-refractivity contribution >= 4 is 17.4 Å². The Bertz CT molecular complexity index is 410. The minimum atomic E-state index is -0.000939. The van der Waals surface area contributed by atoms with Gasteiger partial charge in [0.2, 0.25) is 0 Å². The molecule has 1 saturated heterocycles. The van der Waals surface area contributed by atoms with Gasteiger partial charge in [0, 0.05) is 18.8 Å². The van der Waals surface area contributed by atoms with Gasteiger partial charge in [-0.05, 0) is 36.8 Å². The Morgan fingerprint density at radius 2 is 2.38 bits per heavy atom. The molecule has 2 aliphatic rings. The lowest BCUT2D eigenvalue weighted by molar-refractivity contribution is 0.281. The number of piperidine rings is 1. The predicted octanol–water partition coefficient (Wildman–Crippen LogP) is 2.22. The van der Waals surface area contributed by atoms with E-state index in [2.05, 4.69) is 9.88 Å². The second-order valence-corrected chi connectivity index (χ2v) is 5.20. The molecule has 2 unspecified atom stereocenters. The van der Waals surface area contributed by atoms with Crippen LogP contribution in [-0.4, -0.2) is 22.7 Å². The summed E-state index contributed by atoms with van der Waals surface area (Å²) < 4.78 is 0. The predicted molar refractivity (Wildman–Crippen MR) is 63.6 cm³/mol. The maximum absolute atomic E-state index is 9.01. The molecule has 1 aromatic heterocycles. The van der Waals surface area contributed by atoms with Gasteiger partial charge >= 0.3 is 0 Å². The van der Waals surface area contributed by atoms with E-state index < -0.39 is 0 Å². The van der Waals surface area contributed by atoms with E-state index in [0.717, 1.165) is 23.8 Å². The molecule has 3 nitrogen and oxygen atoms in total. The molecule has 2 fully saturated rings. The van der Waals surface area contributed by atoms with E-state index in [1.165, 1.54) is 19.3 Å². The second-order valence-electron chi connectivity index (χ2n) is 4.79. The fraction of sp³-hybridized carbons (Fsp3) is 0.583. The molecule has 2 atom stereocenters. The van der Waals surface area contributed by atoms with Gasteiger partial charge in [0.05, 0.1) is 11.6 Å². The molecule has 2 bridgehead atoms. The minimum Gasteiger partial charge on any atom is -0.392 e.